The van der Waals surface area contributed by atoms with E-state index in [0.717, 1.165) is 29.7 Å². The molecule has 0 amide bonds. The van der Waals surface area contributed by atoms with Crippen LogP contribution in [0.25, 0.3) is 0 Å². The number of carbonyl (C=O) groups excluding carboxylic acids is 1. The molecular formula is C26H38O4Si. The minimum absolute atomic E-state index is 0.0399. The molecule has 0 spiro atoms. The van der Waals surface area contributed by atoms with Crippen LogP contribution in [0.5, 0.6) is 5.75 Å². The fourth-order valence-corrected chi connectivity index (χ4v) is 5.38. The highest BCUT2D eigenvalue weighted by atomic mass is 28.4. The van der Waals surface area contributed by atoms with Crippen molar-refractivity contribution in [2.75, 3.05) is 20.3 Å². The lowest BCUT2D eigenvalue weighted by Gasteiger charge is -2.41. The zero-order valence-corrected chi connectivity index (χ0v) is 21.0. The number of ether oxygens (including phenoxy) is 2. The summed E-state index contributed by atoms with van der Waals surface area (Å²) in [6.45, 7) is 17.4. The van der Waals surface area contributed by atoms with Crippen LogP contribution in [0.3, 0.4) is 0 Å². The van der Waals surface area contributed by atoms with Gasteiger partial charge >= 0.3 is 0 Å². The predicted octanol–water partition coefficient (Wildman–Crippen LogP) is 5.94. The van der Waals surface area contributed by atoms with Crippen LogP contribution >= 0.6 is 0 Å². The summed E-state index contributed by atoms with van der Waals surface area (Å²) in [6, 6.07) is 7.97. The summed E-state index contributed by atoms with van der Waals surface area (Å²) in [7, 11) is -0.221. The second-order valence-corrected chi connectivity index (χ2v) is 15.5. The van der Waals surface area contributed by atoms with Crippen LogP contribution < -0.4 is 4.74 Å². The molecule has 2 bridgehead atoms. The predicted molar refractivity (Wildman–Crippen MR) is 128 cm³/mol. The molecule has 0 radical (unpaired) electrons. The molecule has 0 aromatic heterocycles. The van der Waals surface area contributed by atoms with Crippen molar-refractivity contribution in [2.45, 2.75) is 58.4 Å². The van der Waals surface area contributed by atoms with Crippen molar-refractivity contribution in [3.63, 3.8) is 0 Å². The van der Waals surface area contributed by atoms with Gasteiger partial charge in [0.25, 0.3) is 0 Å². The van der Waals surface area contributed by atoms with Crippen molar-refractivity contribution in [2.24, 2.45) is 17.3 Å². The Balaban J connectivity index is 1.73. The summed E-state index contributed by atoms with van der Waals surface area (Å²) >= 11 is 0. The molecular weight excluding hydrogens is 404 g/mol. The number of rotatable bonds is 9. The average Bonchev–Trinajstić information content (AvgIpc) is 3.00. The van der Waals surface area contributed by atoms with Gasteiger partial charge in [-0.3, -0.25) is 4.79 Å². The van der Waals surface area contributed by atoms with Crippen LogP contribution in [-0.2, 0) is 20.6 Å². The molecule has 3 rings (SSSR count). The second-order valence-electron chi connectivity index (χ2n) is 10.7. The topological polar surface area (TPSA) is 44.8 Å². The van der Waals surface area contributed by atoms with Crippen molar-refractivity contribution in [3.8, 4) is 5.75 Å². The molecule has 4 nitrogen and oxygen atoms in total. The highest BCUT2D eigenvalue weighted by molar-refractivity contribution is 6.74. The third-order valence-electron chi connectivity index (χ3n) is 7.57. The molecule has 2 aliphatic carbocycles. The zero-order chi connectivity index (χ0) is 22.9. The Morgan fingerprint density at radius 1 is 1.19 bits per heavy atom. The van der Waals surface area contributed by atoms with Gasteiger partial charge in [-0.2, -0.15) is 0 Å². The van der Waals surface area contributed by atoms with E-state index < -0.39 is 8.32 Å². The minimum Gasteiger partial charge on any atom is -0.497 e. The molecule has 0 unspecified atom stereocenters. The lowest BCUT2D eigenvalue weighted by molar-refractivity contribution is -0.118. The number of ketones is 1. The van der Waals surface area contributed by atoms with Crippen LogP contribution in [-0.4, -0.2) is 34.4 Å². The first-order chi connectivity index (χ1) is 14.5. The van der Waals surface area contributed by atoms with E-state index in [1.54, 1.807) is 13.2 Å². The molecule has 2 aliphatic rings. The van der Waals surface area contributed by atoms with Gasteiger partial charge in [-0.25, -0.2) is 0 Å². The maximum Gasteiger partial charge on any atom is 0.191 e. The molecule has 3 atom stereocenters. The maximum atomic E-state index is 12.3. The number of hydrogen-bond acceptors (Lipinski definition) is 4. The van der Waals surface area contributed by atoms with Crippen LogP contribution in [0.15, 0.2) is 48.6 Å². The van der Waals surface area contributed by atoms with E-state index in [-0.39, 0.29) is 28.1 Å². The van der Waals surface area contributed by atoms with E-state index in [2.05, 4.69) is 46.5 Å². The first-order valence-electron chi connectivity index (χ1n) is 11.2. The van der Waals surface area contributed by atoms with Gasteiger partial charge in [0.2, 0.25) is 0 Å². The molecule has 0 saturated heterocycles. The van der Waals surface area contributed by atoms with Crippen molar-refractivity contribution in [1.29, 1.82) is 0 Å². The summed E-state index contributed by atoms with van der Waals surface area (Å²) in [6.07, 6.45) is 5.57. The lowest BCUT2D eigenvalue weighted by Crippen LogP contribution is -2.45. The number of benzene rings is 1. The largest absolute Gasteiger partial charge is 0.497 e. The number of methoxy groups -OCH3 is 1. The third kappa shape index (κ3) is 5.21. The van der Waals surface area contributed by atoms with E-state index >= 15 is 0 Å². The number of carbonyl (C=O) groups is 1. The Kier molecular flexibility index (Phi) is 6.99. The molecule has 31 heavy (non-hydrogen) atoms. The quantitative estimate of drug-likeness (QED) is 0.351. The van der Waals surface area contributed by atoms with Crippen molar-refractivity contribution < 1.29 is 18.7 Å². The molecule has 0 N–H and O–H groups in total. The Labute approximate surface area is 188 Å². The Bertz CT molecular complexity index is 834. The summed E-state index contributed by atoms with van der Waals surface area (Å²) in [4.78, 5) is 12.3. The SMILES string of the molecule is C=C1C[C@@]2([C@H](COCc3ccc(OC)cc3)CO[Si](C)(C)C(C)(C)C)C=CC(=O)[C@@H]1C2. The third-order valence-corrected chi connectivity index (χ3v) is 12.1. The highest BCUT2D eigenvalue weighted by Gasteiger charge is 2.50. The zero-order valence-electron chi connectivity index (χ0n) is 20.0. The monoisotopic (exact) mass is 442 g/mol. The second kappa shape index (κ2) is 9.05. The Hall–Kier alpha value is -1.69. The smallest absolute Gasteiger partial charge is 0.191 e. The van der Waals surface area contributed by atoms with Gasteiger partial charge in [-0.05, 0) is 54.7 Å². The number of hydrogen-bond donors (Lipinski definition) is 0. The van der Waals surface area contributed by atoms with Crippen LogP contribution in [0.4, 0.5) is 0 Å². The fraction of sp³-hybridized carbons (Fsp3) is 0.577. The molecule has 1 aromatic carbocycles. The first-order valence-corrected chi connectivity index (χ1v) is 14.1. The highest BCUT2D eigenvalue weighted by Crippen LogP contribution is 2.54. The van der Waals surface area contributed by atoms with E-state index in [1.165, 1.54) is 0 Å². The molecule has 170 valence electrons. The Morgan fingerprint density at radius 2 is 1.87 bits per heavy atom. The maximum absolute atomic E-state index is 12.3. The summed E-state index contributed by atoms with van der Waals surface area (Å²) in [5, 5.41) is 0.152. The van der Waals surface area contributed by atoms with E-state index in [4.69, 9.17) is 13.9 Å². The van der Waals surface area contributed by atoms with Gasteiger partial charge in [0.05, 0.1) is 20.3 Å². The minimum atomic E-state index is -1.89. The van der Waals surface area contributed by atoms with Crippen molar-refractivity contribution in [1.82, 2.24) is 0 Å². The Morgan fingerprint density at radius 3 is 2.48 bits per heavy atom. The van der Waals surface area contributed by atoms with Crippen LogP contribution in [0.2, 0.25) is 18.1 Å². The standard InChI is InChI=1S/C26H38O4Si/c1-19-14-26(13-12-24(27)23(19)15-26)21(18-30-31(6,7)25(2,3)4)17-29-16-20-8-10-22(28-5)11-9-20/h8-13,21,23H,1,14-18H2,2-7H3/t21-,23-,26+/m1/s1. The summed E-state index contributed by atoms with van der Waals surface area (Å²) in [5.74, 6) is 1.19. The van der Waals surface area contributed by atoms with E-state index in [1.807, 2.05) is 24.3 Å². The van der Waals surface area contributed by atoms with Crippen LogP contribution in [0, 0.1) is 17.3 Å². The van der Waals surface area contributed by atoms with Gasteiger partial charge in [0.15, 0.2) is 14.1 Å². The molecule has 0 heterocycles. The average molecular weight is 443 g/mol. The number of fused-ring (bicyclic) bond motifs is 2. The molecule has 5 heteroatoms. The van der Waals surface area contributed by atoms with Crippen molar-refractivity contribution >= 4 is 14.1 Å². The van der Waals surface area contributed by atoms with Gasteiger partial charge in [-0.1, -0.05) is 51.1 Å². The molecule has 0 aliphatic heterocycles. The van der Waals surface area contributed by atoms with Crippen molar-refractivity contribution in [3.05, 3.63) is 54.1 Å². The van der Waals surface area contributed by atoms with Crippen LogP contribution in [0.1, 0.15) is 39.2 Å². The van der Waals surface area contributed by atoms with Gasteiger partial charge in [0, 0.05) is 23.9 Å². The van der Waals surface area contributed by atoms with Gasteiger partial charge in [-0.15, -0.1) is 0 Å². The summed E-state index contributed by atoms with van der Waals surface area (Å²) < 4.78 is 18.1. The molecule has 1 fully saturated rings. The fourth-order valence-electron chi connectivity index (χ4n) is 4.33. The first kappa shape index (κ1) is 24.0. The molecule has 1 saturated carbocycles. The molecule has 1 aromatic rings. The van der Waals surface area contributed by atoms with E-state index in [0.29, 0.717) is 19.8 Å². The van der Waals surface area contributed by atoms with E-state index in [9.17, 15) is 4.79 Å². The lowest BCUT2D eigenvalue weighted by atomic mass is 9.71. The van der Waals surface area contributed by atoms with Gasteiger partial charge < -0.3 is 13.9 Å². The normalized spacial score (nSPS) is 24.5. The number of allylic oxidation sites excluding steroid dienone is 3. The van der Waals surface area contributed by atoms with Gasteiger partial charge in [0.1, 0.15) is 5.75 Å². The summed E-state index contributed by atoms with van der Waals surface area (Å²) in [5.41, 5.74) is 2.07.